The predicted octanol–water partition coefficient (Wildman–Crippen LogP) is 7.27. The van der Waals surface area contributed by atoms with Crippen LogP contribution >= 0.6 is 12.8 Å². The third-order valence-corrected chi connectivity index (χ3v) is 8.95. The van der Waals surface area contributed by atoms with Crippen molar-refractivity contribution in [3.8, 4) is 11.1 Å². The number of imidazole rings is 1. The number of allylic oxidation sites excluding steroid dienone is 4. The fraction of sp³-hybridized carbons (Fsp3) is 0.389. The zero-order chi connectivity index (χ0) is 37.8. The number of alkyl halides is 3. The van der Waals surface area contributed by atoms with Gasteiger partial charge in [-0.25, -0.2) is 9.37 Å². The Labute approximate surface area is 295 Å². The van der Waals surface area contributed by atoms with Crippen LogP contribution in [0.1, 0.15) is 50.9 Å². The summed E-state index contributed by atoms with van der Waals surface area (Å²) in [5.41, 5.74) is 3.65. The van der Waals surface area contributed by atoms with Gasteiger partial charge in [-0.15, -0.1) is 0 Å². The summed E-state index contributed by atoms with van der Waals surface area (Å²) in [7, 11) is 5.41. The van der Waals surface area contributed by atoms with Crippen molar-refractivity contribution in [1.82, 2.24) is 24.5 Å². The molecule has 0 spiro atoms. The fourth-order valence-electron chi connectivity index (χ4n) is 6.05. The fourth-order valence-corrected chi connectivity index (χ4v) is 6.05. The molecule has 50 heavy (non-hydrogen) atoms. The van der Waals surface area contributed by atoms with E-state index in [-0.39, 0.29) is 42.3 Å². The maximum Gasteiger partial charge on any atom is 0.416 e. The van der Waals surface area contributed by atoms with E-state index in [0.29, 0.717) is 12.8 Å². The molecule has 1 fully saturated rings. The Bertz CT molecular complexity index is 1700. The second kappa shape index (κ2) is 19.1. The van der Waals surface area contributed by atoms with Gasteiger partial charge in [0.2, 0.25) is 11.8 Å². The van der Waals surface area contributed by atoms with E-state index < -0.39 is 23.6 Å². The summed E-state index contributed by atoms with van der Waals surface area (Å²) in [4.78, 5) is 40.4. The Morgan fingerprint density at radius 2 is 1.68 bits per heavy atom. The number of aryl methyl sites for hydroxylation is 2. The van der Waals surface area contributed by atoms with Crippen LogP contribution in [0.2, 0.25) is 0 Å². The van der Waals surface area contributed by atoms with Crippen molar-refractivity contribution in [2.45, 2.75) is 58.7 Å². The molecular weight excluding hydrogens is 674 g/mol. The molecule has 0 aliphatic heterocycles. The molecule has 2 amide bonds. The van der Waals surface area contributed by atoms with Crippen LogP contribution in [0.25, 0.3) is 22.2 Å². The number of benzene rings is 2. The molecule has 4 atom stereocenters. The van der Waals surface area contributed by atoms with Crippen molar-refractivity contribution in [2.75, 3.05) is 14.1 Å². The van der Waals surface area contributed by atoms with Gasteiger partial charge >= 0.3 is 6.18 Å². The van der Waals surface area contributed by atoms with Crippen LogP contribution in [-0.2, 0) is 21.4 Å². The number of rotatable bonds is 7. The minimum atomic E-state index is -4.61. The van der Waals surface area contributed by atoms with Gasteiger partial charge in [-0.3, -0.25) is 19.1 Å². The molecule has 1 heterocycles. The Kier molecular flexibility index (Phi) is 15.9. The van der Waals surface area contributed by atoms with Crippen LogP contribution in [0.4, 0.5) is 17.6 Å². The number of nitrogens with zero attached hydrogens (tertiary/aromatic N) is 3. The number of hydrogen-bond donors (Lipinski definition) is 4. The van der Waals surface area contributed by atoms with E-state index in [4.69, 9.17) is 9.90 Å². The Morgan fingerprint density at radius 1 is 1.10 bits per heavy atom. The first-order valence-electron chi connectivity index (χ1n) is 15.8. The second-order valence-corrected chi connectivity index (χ2v) is 12.3. The van der Waals surface area contributed by atoms with E-state index in [1.807, 2.05) is 55.8 Å². The van der Waals surface area contributed by atoms with Crippen LogP contribution in [-0.4, -0.2) is 64.2 Å². The number of hydrogen-bond acceptors (Lipinski definition) is 6. The zero-order valence-corrected chi connectivity index (χ0v) is 30.0. The maximum atomic E-state index is 13.7. The van der Waals surface area contributed by atoms with Crippen molar-refractivity contribution in [2.24, 2.45) is 18.9 Å². The standard InChI is InChI=1S/C34H38F4N4O2.CH5NS.CH2O2/c1-7-26(34(36,37)38)13-14-27(19-35)40-33(44)30-18-28(42(6)22(4)43)17-29(20(30)2)24-10-8-23(9-11-24)25-12-15-32-31(16-25)39-21(3)41(32)5;1-2-3;2-1-3/h7-16,19-20,28-30H,17-18H2,1-6H3,(H,40,44);2-3H,1H3;1H,(H,2,3)/b14-13-,26-7+,27-19-;;/t20-,28?,29?,30?;;/m1../s1. The molecule has 0 saturated heterocycles. The number of thiol groups is 1. The number of halogens is 4. The van der Waals surface area contributed by atoms with Gasteiger partial charge in [0.25, 0.3) is 6.47 Å². The monoisotopic (exact) mass is 719 g/mol. The van der Waals surface area contributed by atoms with Gasteiger partial charge < -0.3 is 19.9 Å². The molecule has 14 heteroatoms. The van der Waals surface area contributed by atoms with Gasteiger partial charge in [-0.1, -0.05) is 56.1 Å². The third kappa shape index (κ3) is 10.8. The third-order valence-electron chi connectivity index (χ3n) is 8.95. The van der Waals surface area contributed by atoms with E-state index in [9.17, 15) is 27.2 Å². The second-order valence-electron chi connectivity index (χ2n) is 11.8. The number of carbonyl (C=O) groups excluding carboxylic acids is 2. The highest BCUT2D eigenvalue weighted by molar-refractivity contribution is 7.78. The number of aromatic nitrogens is 2. The molecule has 1 saturated carbocycles. The molecule has 1 aromatic heterocycles. The van der Waals surface area contributed by atoms with Gasteiger partial charge in [0.05, 0.1) is 22.3 Å². The van der Waals surface area contributed by atoms with Crippen LogP contribution in [0.15, 0.2) is 78.3 Å². The Morgan fingerprint density at radius 3 is 2.20 bits per heavy atom. The summed E-state index contributed by atoms with van der Waals surface area (Å²) in [6.07, 6.45) is -1.08. The van der Waals surface area contributed by atoms with Gasteiger partial charge in [0, 0.05) is 33.0 Å². The number of carbonyl (C=O) groups is 3. The zero-order valence-electron chi connectivity index (χ0n) is 29.1. The Balaban J connectivity index is 0.00000135. The first-order valence-corrected chi connectivity index (χ1v) is 16.2. The van der Waals surface area contributed by atoms with Gasteiger partial charge in [-0.2, -0.15) is 13.2 Å². The molecule has 1 aliphatic carbocycles. The minimum Gasteiger partial charge on any atom is -0.483 e. The molecular formula is C36H45F4N5O4S. The van der Waals surface area contributed by atoms with Crippen LogP contribution in [0.5, 0.6) is 0 Å². The molecule has 0 radical (unpaired) electrons. The lowest BCUT2D eigenvalue weighted by Crippen LogP contribution is -2.47. The van der Waals surface area contributed by atoms with Crippen molar-refractivity contribution in [3.63, 3.8) is 0 Å². The summed E-state index contributed by atoms with van der Waals surface area (Å²) < 4.78 is 57.5. The SMILES string of the molecule is CNS.C\C=C(/C=C\C(=C\F)NC(=O)C1CC(N(C)C(C)=O)CC(c2ccc(-c3ccc4c(c3)nc(C)n4C)cc2)[C@H]1C)C(F)(F)F.O=CO. The molecule has 3 N–H and O–H groups in total. The average Bonchev–Trinajstić information content (AvgIpc) is 3.36. The highest BCUT2D eigenvalue weighted by Crippen LogP contribution is 2.43. The van der Waals surface area contributed by atoms with Crippen LogP contribution in [0.3, 0.4) is 0 Å². The summed E-state index contributed by atoms with van der Waals surface area (Å²) >= 11 is 3.54. The molecule has 0 bridgehead atoms. The topological polar surface area (TPSA) is 117 Å². The van der Waals surface area contributed by atoms with Crippen molar-refractivity contribution in [3.05, 3.63) is 89.7 Å². The first-order chi connectivity index (χ1) is 23.6. The molecule has 9 nitrogen and oxygen atoms in total. The maximum absolute atomic E-state index is 13.7. The molecule has 3 unspecified atom stereocenters. The summed E-state index contributed by atoms with van der Waals surface area (Å²) in [5, 5.41) is 9.35. The van der Waals surface area contributed by atoms with Gasteiger partial charge in [0.1, 0.15) is 12.2 Å². The number of fused-ring (bicyclic) bond motifs is 1. The van der Waals surface area contributed by atoms with Crippen molar-refractivity contribution < 1.29 is 37.1 Å². The van der Waals surface area contributed by atoms with Crippen LogP contribution in [0, 0.1) is 18.8 Å². The highest BCUT2D eigenvalue weighted by atomic mass is 32.1. The lowest BCUT2D eigenvalue weighted by Gasteiger charge is -2.43. The lowest BCUT2D eigenvalue weighted by atomic mass is 9.67. The molecule has 2 aromatic carbocycles. The van der Waals surface area contributed by atoms with E-state index in [2.05, 4.69) is 40.0 Å². The number of amides is 2. The minimum absolute atomic E-state index is 0.0740. The van der Waals surface area contributed by atoms with Crippen LogP contribution < -0.4 is 10.0 Å². The summed E-state index contributed by atoms with van der Waals surface area (Å²) in [5.74, 6) is -0.650. The average molecular weight is 720 g/mol. The van der Waals surface area contributed by atoms with Gasteiger partial charge in [-0.05, 0) is 86.5 Å². The quantitative estimate of drug-likeness (QED) is 0.0884. The van der Waals surface area contributed by atoms with E-state index in [0.717, 1.165) is 51.8 Å². The van der Waals surface area contributed by atoms with Crippen molar-refractivity contribution >= 4 is 42.1 Å². The Hall–Kier alpha value is -4.43. The van der Waals surface area contributed by atoms with E-state index >= 15 is 0 Å². The van der Waals surface area contributed by atoms with E-state index in [1.165, 1.54) is 13.8 Å². The molecule has 3 aromatic rings. The number of carboxylic acid groups (broad SMARTS) is 1. The summed E-state index contributed by atoms with van der Waals surface area (Å²) in [6, 6.07) is 14.0. The molecule has 4 rings (SSSR count). The molecule has 272 valence electrons. The molecule has 1 aliphatic rings. The largest absolute Gasteiger partial charge is 0.483 e. The number of nitrogens with one attached hydrogen (secondary N) is 2. The first kappa shape index (κ1) is 41.7. The van der Waals surface area contributed by atoms with Gasteiger partial charge in [0.15, 0.2) is 0 Å². The highest BCUT2D eigenvalue weighted by Gasteiger charge is 2.41. The summed E-state index contributed by atoms with van der Waals surface area (Å²) in [6.45, 7) is 6.35. The predicted molar refractivity (Wildman–Crippen MR) is 191 cm³/mol. The van der Waals surface area contributed by atoms with E-state index in [1.54, 1.807) is 19.0 Å². The smallest absolute Gasteiger partial charge is 0.416 e. The normalized spacial score (nSPS) is 19.6. The van der Waals surface area contributed by atoms with Crippen molar-refractivity contribution in [1.29, 1.82) is 0 Å². The lowest BCUT2D eigenvalue weighted by molar-refractivity contribution is -0.134.